The van der Waals surface area contributed by atoms with Gasteiger partial charge in [-0.15, -0.1) is 34.9 Å². The topological polar surface area (TPSA) is 51.2 Å². The predicted molar refractivity (Wildman–Crippen MR) is 121 cm³/mol. The summed E-state index contributed by atoms with van der Waals surface area (Å²) in [5.74, 6) is 3.01. The molecule has 0 saturated carbocycles. The van der Waals surface area contributed by atoms with Crippen LogP contribution in [0.4, 0.5) is 5.69 Å². The lowest BCUT2D eigenvalue weighted by atomic mass is 10.2. The molecule has 3 aromatic rings. The van der Waals surface area contributed by atoms with Crippen LogP contribution in [0.1, 0.15) is 27.1 Å². The van der Waals surface area contributed by atoms with Crippen molar-refractivity contribution in [2.45, 2.75) is 11.0 Å². The van der Waals surface area contributed by atoms with Crippen molar-refractivity contribution in [3.8, 4) is 16.3 Å². The molecule has 1 saturated heterocycles. The highest BCUT2D eigenvalue weighted by Gasteiger charge is 2.18. The van der Waals surface area contributed by atoms with Crippen LogP contribution in [-0.4, -0.2) is 29.5 Å². The van der Waals surface area contributed by atoms with E-state index in [0.29, 0.717) is 10.3 Å². The molecule has 4 rings (SSSR count). The molecule has 1 aliphatic heterocycles. The first-order valence-corrected chi connectivity index (χ1v) is 11.9. The Morgan fingerprint density at radius 3 is 2.68 bits per heavy atom. The highest BCUT2D eigenvalue weighted by atomic mass is 32.2. The Morgan fingerprint density at radius 1 is 1.14 bits per heavy atom. The van der Waals surface area contributed by atoms with Crippen molar-refractivity contribution in [3.63, 3.8) is 0 Å². The molecule has 1 N–H and O–H groups in total. The molecule has 2 aromatic carbocycles. The van der Waals surface area contributed by atoms with Gasteiger partial charge in [0.05, 0.1) is 11.7 Å². The van der Waals surface area contributed by atoms with Crippen LogP contribution in [0, 0.1) is 0 Å². The van der Waals surface area contributed by atoms with Gasteiger partial charge in [0.1, 0.15) is 16.5 Å². The van der Waals surface area contributed by atoms with E-state index < -0.39 is 0 Å². The Labute approximate surface area is 177 Å². The number of rotatable bonds is 5. The number of thiazole rings is 1. The number of nitrogens with zero attached hydrogens (tertiary/aromatic N) is 1. The summed E-state index contributed by atoms with van der Waals surface area (Å²) in [6.45, 7) is 0. The zero-order valence-corrected chi connectivity index (χ0v) is 17.8. The minimum Gasteiger partial charge on any atom is -0.497 e. The lowest BCUT2D eigenvalue weighted by Crippen LogP contribution is -2.12. The molecule has 7 heteroatoms. The smallest absolute Gasteiger partial charge is 0.275 e. The Kier molecular flexibility index (Phi) is 6.24. The molecular formula is C21H20N2O2S3. The Hall–Kier alpha value is -1.96. The number of thioether (sulfide) groups is 2. The van der Waals surface area contributed by atoms with E-state index in [1.54, 1.807) is 12.5 Å². The van der Waals surface area contributed by atoms with Crippen LogP contribution >= 0.6 is 34.9 Å². The van der Waals surface area contributed by atoms with Crippen molar-refractivity contribution < 1.29 is 9.53 Å². The van der Waals surface area contributed by atoms with Crippen molar-refractivity contribution in [2.75, 3.05) is 23.9 Å². The summed E-state index contributed by atoms with van der Waals surface area (Å²) in [6.07, 6.45) is 1.27. The summed E-state index contributed by atoms with van der Waals surface area (Å²) in [7, 11) is 1.64. The van der Waals surface area contributed by atoms with Gasteiger partial charge in [0.15, 0.2) is 0 Å². The highest BCUT2D eigenvalue weighted by Crippen LogP contribution is 2.44. The largest absolute Gasteiger partial charge is 0.497 e. The van der Waals surface area contributed by atoms with Crippen LogP contribution in [0.2, 0.25) is 0 Å². The second-order valence-electron chi connectivity index (χ2n) is 6.27. The van der Waals surface area contributed by atoms with Crippen LogP contribution in [0.3, 0.4) is 0 Å². The number of hydrogen-bond donors (Lipinski definition) is 1. The standard InChI is InChI=1S/C21H20N2O2S3/c1-25-17-8-6-14(7-9-17)20-23-18(13-28-20)19(24)22-16-5-2-4-15(12-16)21-26-10-3-11-27-21/h2,4-9,12-13,21H,3,10-11H2,1H3,(H,22,24). The first kappa shape index (κ1) is 19.4. The molecule has 0 atom stereocenters. The van der Waals surface area contributed by atoms with Gasteiger partial charge in [-0.25, -0.2) is 4.98 Å². The Morgan fingerprint density at radius 2 is 1.93 bits per heavy atom. The van der Waals surface area contributed by atoms with E-state index in [9.17, 15) is 4.79 Å². The van der Waals surface area contributed by atoms with E-state index >= 15 is 0 Å². The average Bonchev–Trinajstić information content (AvgIpc) is 3.25. The molecule has 1 fully saturated rings. The fourth-order valence-electron chi connectivity index (χ4n) is 2.88. The van der Waals surface area contributed by atoms with E-state index in [1.165, 1.54) is 34.8 Å². The number of aromatic nitrogens is 1. The van der Waals surface area contributed by atoms with Gasteiger partial charge in [-0.05, 0) is 59.9 Å². The first-order valence-electron chi connectivity index (χ1n) is 8.97. The van der Waals surface area contributed by atoms with Crippen molar-refractivity contribution in [1.82, 2.24) is 4.98 Å². The van der Waals surface area contributed by atoms with Crippen LogP contribution in [0.25, 0.3) is 10.6 Å². The van der Waals surface area contributed by atoms with Crippen LogP contribution in [0.15, 0.2) is 53.9 Å². The molecule has 1 aromatic heterocycles. The fourth-order valence-corrected chi connectivity index (χ4v) is 6.56. The quantitative estimate of drug-likeness (QED) is 0.545. The van der Waals surface area contributed by atoms with Gasteiger partial charge in [-0.3, -0.25) is 4.79 Å². The lowest BCUT2D eigenvalue weighted by molar-refractivity contribution is 0.102. The second kappa shape index (κ2) is 9.03. The second-order valence-corrected chi connectivity index (χ2v) is 9.86. The van der Waals surface area contributed by atoms with Gasteiger partial charge in [-0.1, -0.05) is 12.1 Å². The molecular weight excluding hydrogens is 408 g/mol. The third kappa shape index (κ3) is 4.54. The number of ether oxygens (including phenoxy) is 1. The molecule has 2 heterocycles. The summed E-state index contributed by atoms with van der Waals surface area (Å²) in [5.41, 5.74) is 3.47. The highest BCUT2D eigenvalue weighted by molar-refractivity contribution is 8.16. The maximum atomic E-state index is 12.6. The number of carbonyl (C=O) groups is 1. The third-order valence-corrected chi connectivity index (χ3v) is 8.22. The monoisotopic (exact) mass is 428 g/mol. The molecule has 0 spiro atoms. The van der Waals surface area contributed by atoms with E-state index in [4.69, 9.17) is 4.74 Å². The zero-order valence-electron chi connectivity index (χ0n) is 15.4. The van der Waals surface area contributed by atoms with Crippen molar-refractivity contribution >= 4 is 46.5 Å². The van der Waals surface area contributed by atoms with Crippen LogP contribution in [0.5, 0.6) is 5.75 Å². The van der Waals surface area contributed by atoms with E-state index in [1.807, 2.05) is 59.9 Å². The molecule has 0 aliphatic carbocycles. The molecule has 4 nitrogen and oxygen atoms in total. The molecule has 1 amide bonds. The fraction of sp³-hybridized carbons (Fsp3) is 0.238. The van der Waals surface area contributed by atoms with Crippen LogP contribution in [-0.2, 0) is 0 Å². The van der Waals surface area contributed by atoms with Crippen molar-refractivity contribution in [1.29, 1.82) is 0 Å². The van der Waals surface area contributed by atoms with Crippen molar-refractivity contribution in [2.24, 2.45) is 0 Å². The normalized spacial score (nSPS) is 14.6. The Balaban J connectivity index is 1.46. The van der Waals surface area contributed by atoms with Gasteiger partial charge in [-0.2, -0.15) is 0 Å². The van der Waals surface area contributed by atoms with Crippen LogP contribution < -0.4 is 10.1 Å². The van der Waals surface area contributed by atoms with Gasteiger partial charge in [0, 0.05) is 16.6 Å². The zero-order chi connectivity index (χ0) is 19.3. The predicted octanol–water partition coefficient (Wildman–Crippen LogP) is 5.94. The SMILES string of the molecule is COc1ccc(-c2nc(C(=O)Nc3cccc(C4SCCCS4)c3)cs2)cc1. The summed E-state index contributed by atoms with van der Waals surface area (Å²) < 4.78 is 5.63. The van der Waals surface area contributed by atoms with Gasteiger partial charge >= 0.3 is 0 Å². The summed E-state index contributed by atoms with van der Waals surface area (Å²) in [5, 5.41) is 5.60. The van der Waals surface area contributed by atoms with E-state index in [0.717, 1.165) is 22.0 Å². The van der Waals surface area contributed by atoms with Gasteiger partial charge < -0.3 is 10.1 Å². The molecule has 144 valence electrons. The third-order valence-electron chi connectivity index (χ3n) is 4.32. The van der Waals surface area contributed by atoms with Gasteiger partial charge in [0.2, 0.25) is 0 Å². The lowest BCUT2D eigenvalue weighted by Gasteiger charge is -2.21. The average molecular weight is 429 g/mol. The molecule has 0 bridgehead atoms. The first-order chi connectivity index (χ1) is 13.7. The molecule has 0 radical (unpaired) electrons. The Bertz CT molecular complexity index is 950. The maximum absolute atomic E-state index is 12.6. The number of methoxy groups -OCH3 is 1. The summed E-state index contributed by atoms with van der Waals surface area (Å²) >= 11 is 5.41. The molecule has 0 unspecified atom stereocenters. The number of amides is 1. The number of anilines is 1. The number of nitrogens with one attached hydrogen (secondary N) is 1. The van der Waals surface area contributed by atoms with E-state index in [2.05, 4.69) is 22.4 Å². The number of benzene rings is 2. The minimum absolute atomic E-state index is 0.183. The number of hydrogen-bond acceptors (Lipinski definition) is 6. The van der Waals surface area contributed by atoms with Crippen molar-refractivity contribution in [3.05, 3.63) is 65.2 Å². The maximum Gasteiger partial charge on any atom is 0.275 e. The molecule has 28 heavy (non-hydrogen) atoms. The minimum atomic E-state index is -0.183. The summed E-state index contributed by atoms with van der Waals surface area (Å²) in [4.78, 5) is 17.2. The van der Waals surface area contributed by atoms with Gasteiger partial charge in [0.25, 0.3) is 5.91 Å². The van der Waals surface area contributed by atoms with E-state index in [-0.39, 0.29) is 5.91 Å². The summed E-state index contributed by atoms with van der Waals surface area (Å²) in [6, 6.07) is 15.8. The number of carbonyl (C=O) groups excluding carboxylic acids is 1. The molecule has 1 aliphatic rings.